The molecule has 2 aliphatic carbocycles. The molecule has 38 heavy (non-hydrogen) atoms. The minimum atomic E-state index is -2.45. The zero-order chi connectivity index (χ0) is 25.4. The highest BCUT2D eigenvalue weighted by Gasteiger charge is 2.48. The molecule has 2 nitrogen and oxygen atoms in total. The van der Waals surface area contributed by atoms with Gasteiger partial charge in [-0.2, -0.15) is 0 Å². The standard InChI is InChI=1S/C35H34N2Si/c1-4-15-27(16-5-1)37-31-22-11-10-21-30(31)35-32(37)23-14-24-33(35)38(28-17-6-2-7-18-28,29-19-8-3-9-20-29)34-25-12-13-26-36-34/h1-9,11-13,15-20,22-23,34,36H,10,14,21,24-26H2. The van der Waals surface area contributed by atoms with Crippen LogP contribution in [-0.2, 0) is 6.42 Å². The predicted octanol–water partition coefficient (Wildman–Crippen LogP) is 4.42. The summed E-state index contributed by atoms with van der Waals surface area (Å²) in [6.45, 7) is 0.942. The van der Waals surface area contributed by atoms with Crippen LogP contribution < -0.4 is 26.3 Å². The van der Waals surface area contributed by atoms with Crippen LogP contribution in [0, 0.1) is 0 Å². The average molecular weight is 511 g/mol. The lowest BCUT2D eigenvalue weighted by molar-refractivity contribution is 0.656. The molecule has 1 aliphatic heterocycles. The van der Waals surface area contributed by atoms with E-state index in [4.69, 9.17) is 0 Å². The first-order valence-corrected chi connectivity index (χ1v) is 16.2. The Balaban J connectivity index is 1.66. The summed E-state index contributed by atoms with van der Waals surface area (Å²) in [5.74, 6) is 0. The van der Waals surface area contributed by atoms with Gasteiger partial charge in [-0.3, -0.25) is 0 Å². The number of fused-ring (bicyclic) bond motifs is 3. The molecule has 0 amide bonds. The smallest absolute Gasteiger partial charge is 0.161 e. The Kier molecular flexibility index (Phi) is 6.11. The summed E-state index contributed by atoms with van der Waals surface area (Å²) in [6.07, 6.45) is 17.5. The number of hydrogen-bond donors (Lipinski definition) is 1. The van der Waals surface area contributed by atoms with E-state index in [-0.39, 0.29) is 0 Å². The van der Waals surface area contributed by atoms with Gasteiger partial charge in [0.2, 0.25) is 0 Å². The van der Waals surface area contributed by atoms with Gasteiger partial charge in [-0.15, -0.1) is 0 Å². The van der Waals surface area contributed by atoms with Crippen LogP contribution in [0.2, 0.25) is 0 Å². The maximum absolute atomic E-state index is 4.03. The molecular weight excluding hydrogens is 476 g/mol. The van der Waals surface area contributed by atoms with E-state index in [0.29, 0.717) is 5.67 Å². The summed E-state index contributed by atoms with van der Waals surface area (Å²) in [6, 6.07) is 34.0. The second-order valence-corrected chi connectivity index (χ2v) is 14.7. The Hall–Kier alpha value is -3.66. The first kappa shape index (κ1) is 23.5. The van der Waals surface area contributed by atoms with Crippen molar-refractivity contribution in [3.05, 3.63) is 131 Å². The Morgan fingerprint density at radius 2 is 1.39 bits per heavy atom. The summed E-state index contributed by atoms with van der Waals surface area (Å²) in [5, 5.41) is 11.7. The monoisotopic (exact) mass is 510 g/mol. The van der Waals surface area contributed by atoms with Crippen molar-refractivity contribution in [2.45, 2.75) is 37.8 Å². The Labute approximate surface area is 226 Å². The fourth-order valence-corrected chi connectivity index (χ4v) is 13.1. The van der Waals surface area contributed by atoms with E-state index >= 15 is 0 Å². The number of aromatic nitrogens is 1. The molecule has 1 atom stereocenters. The Bertz CT molecular complexity index is 1590. The molecule has 3 heteroatoms. The van der Waals surface area contributed by atoms with Crippen LogP contribution in [-0.4, -0.2) is 24.9 Å². The minimum Gasteiger partial charge on any atom is -0.312 e. The van der Waals surface area contributed by atoms with Crippen molar-refractivity contribution < 1.29 is 0 Å². The molecule has 188 valence electrons. The second-order valence-electron chi connectivity index (χ2n) is 10.7. The molecule has 7 rings (SSSR count). The summed E-state index contributed by atoms with van der Waals surface area (Å²) in [5.41, 5.74) is 4.60. The van der Waals surface area contributed by atoms with Crippen molar-refractivity contribution in [1.82, 2.24) is 9.88 Å². The van der Waals surface area contributed by atoms with Gasteiger partial charge < -0.3 is 9.88 Å². The third-order valence-electron chi connectivity index (χ3n) is 8.71. The fraction of sp³-hybridized carbons (Fsp3) is 0.200. The van der Waals surface area contributed by atoms with Crippen LogP contribution in [0.3, 0.4) is 0 Å². The van der Waals surface area contributed by atoms with E-state index in [1.165, 1.54) is 27.1 Å². The molecule has 0 saturated carbocycles. The van der Waals surface area contributed by atoms with Crippen LogP contribution in [0.1, 0.15) is 36.9 Å². The van der Waals surface area contributed by atoms with E-state index in [1.54, 1.807) is 16.0 Å². The normalized spacial score (nSPS) is 18.5. The maximum Gasteiger partial charge on any atom is 0.161 e. The minimum absolute atomic E-state index is 0.410. The number of nitrogens with zero attached hydrogens (tertiary/aromatic N) is 1. The fourth-order valence-electron chi connectivity index (χ4n) is 7.24. The number of para-hydroxylation sites is 1. The van der Waals surface area contributed by atoms with E-state index in [9.17, 15) is 0 Å². The molecule has 3 aromatic carbocycles. The van der Waals surface area contributed by atoms with Gasteiger partial charge in [-0.05, 0) is 71.5 Å². The van der Waals surface area contributed by atoms with Gasteiger partial charge >= 0.3 is 0 Å². The zero-order valence-electron chi connectivity index (χ0n) is 21.8. The lowest BCUT2D eigenvalue weighted by Crippen LogP contribution is -2.73. The zero-order valence-corrected chi connectivity index (χ0v) is 22.8. The number of rotatable bonds is 5. The van der Waals surface area contributed by atoms with Crippen molar-refractivity contribution in [2.75, 3.05) is 6.54 Å². The number of hydrogen-bond acceptors (Lipinski definition) is 1. The number of benzene rings is 3. The van der Waals surface area contributed by atoms with Gasteiger partial charge in [0, 0.05) is 28.9 Å². The molecule has 4 aromatic rings. The van der Waals surface area contributed by atoms with Crippen LogP contribution in [0.5, 0.6) is 0 Å². The number of allylic oxidation sites excluding steroid dienone is 1. The van der Waals surface area contributed by atoms with Gasteiger partial charge in [0.1, 0.15) is 0 Å². The van der Waals surface area contributed by atoms with Gasteiger partial charge in [0.25, 0.3) is 0 Å². The first-order chi connectivity index (χ1) is 18.9. The van der Waals surface area contributed by atoms with Crippen molar-refractivity contribution in [1.29, 1.82) is 0 Å². The summed E-state index contributed by atoms with van der Waals surface area (Å²) < 4.78 is 2.54. The lowest BCUT2D eigenvalue weighted by atomic mass is 10.0. The molecule has 1 N–H and O–H groups in total. The molecule has 2 heterocycles. The van der Waals surface area contributed by atoms with E-state index < -0.39 is 8.07 Å². The molecule has 1 aromatic heterocycles. The molecule has 0 bridgehead atoms. The quantitative estimate of drug-likeness (QED) is 0.311. The van der Waals surface area contributed by atoms with Gasteiger partial charge in [0.15, 0.2) is 8.07 Å². The lowest BCUT2D eigenvalue weighted by Gasteiger charge is -2.44. The van der Waals surface area contributed by atoms with Gasteiger partial charge in [0.05, 0.1) is 0 Å². The van der Waals surface area contributed by atoms with E-state index in [0.717, 1.165) is 38.6 Å². The first-order valence-electron chi connectivity index (χ1n) is 14.1. The van der Waals surface area contributed by atoms with Gasteiger partial charge in [-0.1, -0.05) is 108 Å². The van der Waals surface area contributed by atoms with Crippen LogP contribution >= 0.6 is 0 Å². The molecule has 1 unspecified atom stereocenters. The number of nitrogens with one attached hydrogen (secondary N) is 1. The topological polar surface area (TPSA) is 17.0 Å². The molecule has 0 fully saturated rings. The van der Waals surface area contributed by atoms with E-state index in [2.05, 4.69) is 131 Å². The van der Waals surface area contributed by atoms with Gasteiger partial charge in [-0.25, -0.2) is 0 Å². The van der Waals surface area contributed by atoms with Crippen LogP contribution in [0.15, 0.2) is 109 Å². The van der Waals surface area contributed by atoms with Crippen LogP contribution in [0.25, 0.3) is 23.0 Å². The Morgan fingerprint density at radius 1 is 0.711 bits per heavy atom. The van der Waals surface area contributed by atoms with Crippen LogP contribution in [0.4, 0.5) is 0 Å². The highest BCUT2D eigenvalue weighted by Crippen LogP contribution is 2.31. The summed E-state index contributed by atoms with van der Waals surface area (Å²) in [7, 11) is -2.45. The second kappa shape index (κ2) is 9.90. The van der Waals surface area contributed by atoms with Crippen molar-refractivity contribution in [3.8, 4) is 5.69 Å². The SMILES string of the molecule is C1=Cc2c(c3c(n2-c2ccccc2)=CCCC=3[Si](c2ccccc2)(c2ccccc2)C2CC=CCN2)CC1. The third-order valence-corrected chi connectivity index (χ3v) is 14.1. The highest BCUT2D eigenvalue weighted by molar-refractivity contribution is 7.15. The predicted molar refractivity (Wildman–Crippen MR) is 163 cm³/mol. The molecule has 0 saturated heterocycles. The average Bonchev–Trinajstić information content (AvgIpc) is 3.35. The largest absolute Gasteiger partial charge is 0.312 e. The van der Waals surface area contributed by atoms with Crippen molar-refractivity contribution in [3.63, 3.8) is 0 Å². The highest BCUT2D eigenvalue weighted by atomic mass is 28.3. The maximum atomic E-state index is 4.03. The summed E-state index contributed by atoms with van der Waals surface area (Å²) >= 11 is 0. The molecule has 3 aliphatic rings. The molecule has 0 radical (unpaired) electrons. The summed E-state index contributed by atoms with van der Waals surface area (Å²) in [4.78, 5) is 0. The van der Waals surface area contributed by atoms with E-state index in [1.807, 2.05) is 0 Å². The molecular formula is C35H34N2Si. The third kappa shape index (κ3) is 3.65. The molecule has 0 spiro atoms. The van der Waals surface area contributed by atoms with Crippen molar-refractivity contribution in [2.24, 2.45) is 0 Å². The van der Waals surface area contributed by atoms with Crippen molar-refractivity contribution >= 4 is 35.8 Å². The Morgan fingerprint density at radius 3 is 2.05 bits per heavy atom.